The largest absolute Gasteiger partial charge is 0.392 e. The molecule has 3 heterocycles. The zero-order chi connectivity index (χ0) is 21.3. The van der Waals surface area contributed by atoms with Crippen molar-refractivity contribution >= 4 is 22.3 Å². The number of nitrogens with one attached hydrogen (secondary N) is 2. The first kappa shape index (κ1) is 21.4. The highest BCUT2D eigenvalue weighted by molar-refractivity contribution is 7.15. The molecular formula is C19H27F2N5O3S. The summed E-state index contributed by atoms with van der Waals surface area (Å²) in [7, 11) is 0. The van der Waals surface area contributed by atoms with Crippen LogP contribution < -0.4 is 15.5 Å². The lowest BCUT2D eigenvalue weighted by Gasteiger charge is -2.26. The third-order valence-electron chi connectivity index (χ3n) is 5.56. The van der Waals surface area contributed by atoms with Gasteiger partial charge in [0.25, 0.3) is 0 Å². The number of fused-ring (bicyclic) bond motifs is 1. The summed E-state index contributed by atoms with van der Waals surface area (Å²) in [4.78, 5) is 7.71. The van der Waals surface area contributed by atoms with Gasteiger partial charge in [0.1, 0.15) is 5.76 Å². The molecule has 4 N–H and O–H groups in total. The minimum atomic E-state index is -2.56. The Kier molecular flexibility index (Phi) is 6.24. The summed E-state index contributed by atoms with van der Waals surface area (Å²) >= 11 is 1.46. The minimum Gasteiger partial charge on any atom is -0.392 e. The lowest BCUT2D eigenvalue weighted by Crippen LogP contribution is -2.39. The Morgan fingerprint density at radius 2 is 2.13 bits per heavy atom. The molecule has 166 valence electrons. The quantitative estimate of drug-likeness (QED) is 0.484. The number of aliphatic hydroxyl groups excluding tert-OH is 2. The van der Waals surface area contributed by atoms with E-state index in [-0.39, 0.29) is 25.3 Å². The number of alkyl halides is 2. The molecule has 1 aliphatic carbocycles. The van der Waals surface area contributed by atoms with Crippen molar-refractivity contribution in [3.05, 3.63) is 22.4 Å². The van der Waals surface area contributed by atoms with Crippen LogP contribution in [0, 0.1) is 0 Å². The Hall–Kier alpha value is -1.82. The molecule has 0 spiro atoms. The lowest BCUT2D eigenvalue weighted by molar-refractivity contribution is -0.0398. The molecule has 8 nitrogen and oxygen atoms in total. The van der Waals surface area contributed by atoms with E-state index in [1.165, 1.54) is 11.3 Å². The summed E-state index contributed by atoms with van der Waals surface area (Å²) < 4.78 is 32.3. The first-order valence-electron chi connectivity index (χ1n) is 10.2. The van der Waals surface area contributed by atoms with Crippen LogP contribution in [-0.2, 0) is 13.0 Å². The van der Waals surface area contributed by atoms with Gasteiger partial charge >= 0.3 is 0 Å². The Morgan fingerprint density at radius 3 is 2.87 bits per heavy atom. The third kappa shape index (κ3) is 5.08. The van der Waals surface area contributed by atoms with Crippen LogP contribution in [0.1, 0.15) is 54.9 Å². The van der Waals surface area contributed by atoms with Gasteiger partial charge in [0.05, 0.1) is 18.3 Å². The van der Waals surface area contributed by atoms with E-state index in [1.807, 2.05) is 6.07 Å². The van der Waals surface area contributed by atoms with E-state index in [2.05, 4.69) is 25.7 Å². The molecule has 0 aromatic carbocycles. The minimum absolute atomic E-state index is 0.000982. The van der Waals surface area contributed by atoms with E-state index in [0.29, 0.717) is 30.3 Å². The van der Waals surface area contributed by atoms with Crippen molar-refractivity contribution < 1.29 is 23.5 Å². The molecule has 2 aliphatic rings. The number of anilines is 2. The first-order valence-corrected chi connectivity index (χ1v) is 11.0. The number of hydrogen-bond donors (Lipinski definition) is 4. The molecule has 4 rings (SSSR count). The number of nitrogens with zero attached hydrogens (tertiary/aromatic N) is 3. The Labute approximate surface area is 177 Å². The summed E-state index contributed by atoms with van der Waals surface area (Å²) in [5.74, 6) is -1.15. The fourth-order valence-corrected chi connectivity index (χ4v) is 4.89. The molecule has 30 heavy (non-hydrogen) atoms. The first-order chi connectivity index (χ1) is 14.3. The van der Waals surface area contributed by atoms with E-state index in [1.54, 1.807) is 6.92 Å². The topological polar surface area (TPSA) is 107 Å². The van der Waals surface area contributed by atoms with E-state index in [4.69, 9.17) is 4.52 Å². The maximum atomic E-state index is 13.4. The predicted molar refractivity (Wildman–Crippen MR) is 109 cm³/mol. The van der Waals surface area contributed by atoms with E-state index in [9.17, 15) is 19.0 Å². The number of aromatic nitrogens is 2. The maximum Gasteiger partial charge on any atom is 0.248 e. The maximum absolute atomic E-state index is 13.4. The number of aliphatic hydroxyl groups is 2. The van der Waals surface area contributed by atoms with Gasteiger partial charge in [0, 0.05) is 49.2 Å². The number of halogens is 2. The van der Waals surface area contributed by atoms with Gasteiger partial charge in [0.2, 0.25) is 5.92 Å². The highest BCUT2D eigenvalue weighted by Gasteiger charge is 2.37. The van der Waals surface area contributed by atoms with Crippen molar-refractivity contribution in [2.24, 2.45) is 0 Å². The average molecular weight is 444 g/mol. The van der Waals surface area contributed by atoms with Crippen LogP contribution in [0.2, 0.25) is 0 Å². The second-order valence-corrected chi connectivity index (χ2v) is 9.17. The van der Waals surface area contributed by atoms with Crippen LogP contribution in [0.5, 0.6) is 0 Å². The van der Waals surface area contributed by atoms with Gasteiger partial charge in [-0.25, -0.2) is 13.8 Å². The van der Waals surface area contributed by atoms with Crippen molar-refractivity contribution in [1.82, 2.24) is 15.5 Å². The summed E-state index contributed by atoms with van der Waals surface area (Å²) in [6.07, 6.45) is -0.184. The molecular weight excluding hydrogens is 416 g/mol. The second kappa shape index (κ2) is 8.74. The van der Waals surface area contributed by atoms with Gasteiger partial charge in [-0.1, -0.05) is 16.5 Å². The number of rotatable bonds is 7. The third-order valence-corrected chi connectivity index (χ3v) is 6.57. The van der Waals surface area contributed by atoms with Gasteiger partial charge in [0.15, 0.2) is 17.3 Å². The average Bonchev–Trinajstić information content (AvgIpc) is 3.32. The highest BCUT2D eigenvalue weighted by Crippen LogP contribution is 2.41. The predicted octanol–water partition coefficient (Wildman–Crippen LogP) is 2.64. The van der Waals surface area contributed by atoms with Crippen LogP contribution in [0.4, 0.5) is 19.7 Å². The van der Waals surface area contributed by atoms with Crippen LogP contribution in [0.3, 0.4) is 0 Å². The van der Waals surface area contributed by atoms with Crippen LogP contribution in [-0.4, -0.2) is 51.8 Å². The molecule has 0 bridgehead atoms. The molecule has 0 amide bonds. The molecule has 11 heteroatoms. The van der Waals surface area contributed by atoms with Crippen molar-refractivity contribution in [3.8, 4) is 0 Å². The van der Waals surface area contributed by atoms with E-state index in [0.717, 1.165) is 29.4 Å². The van der Waals surface area contributed by atoms with Crippen molar-refractivity contribution in [2.75, 3.05) is 23.3 Å². The van der Waals surface area contributed by atoms with Crippen LogP contribution in [0.15, 0.2) is 10.6 Å². The van der Waals surface area contributed by atoms with Gasteiger partial charge < -0.3 is 25.0 Å². The molecule has 1 fully saturated rings. The molecule has 1 unspecified atom stereocenters. The van der Waals surface area contributed by atoms with Crippen molar-refractivity contribution in [1.29, 1.82) is 0 Å². The Balaban J connectivity index is 1.36. The fraction of sp³-hybridized carbons (Fsp3) is 0.684. The summed E-state index contributed by atoms with van der Waals surface area (Å²) in [6, 6.07) is 1.88. The lowest BCUT2D eigenvalue weighted by atomic mass is 9.85. The normalized spacial score (nSPS) is 21.3. The molecule has 1 saturated carbocycles. The van der Waals surface area contributed by atoms with Crippen molar-refractivity contribution in [3.63, 3.8) is 0 Å². The summed E-state index contributed by atoms with van der Waals surface area (Å²) in [5.41, 5.74) is 0.986. The summed E-state index contributed by atoms with van der Waals surface area (Å²) in [6.45, 7) is 3.25. The van der Waals surface area contributed by atoms with Gasteiger partial charge in [-0.15, -0.1) is 0 Å². The van der Waals surface area contributed by atoms with E-state index >= 15 is 0 Å². The van der Waals surface area contributed by atoms with Crippen LogP contribution >= 0.6 is 11.3 Å². The number of thiazole rings is 1. The molecule has 0 saturated heterocycles. The molecule has 1 aliphatic heterocycles. The van der Waals surface area contributed by atoms with Gasteiger partial charge in [-0.05, 0) is 19.8 Å². The fourth-order valence-electron chi connectivity index (χ4n) is 3.85. The van der Waals surface area contributed by atoms with Crippen LogP contribution in [0.25, 0.3) is 0 Å². The smallest absolute Gasteiger partial charge is 0.248 e. The molecule has 2 atom stereocenters. The Bertz CT molecular complexity index is 849. The van der Waals surface area contributed by atoms with E-state index < -0.39 is 18.4 Å². The zero-order valence-electron chi connectivity index (χ0n) is 16.8. The summed E-state index contributed by atoms with van der Waals surface area (Å²) in [5, 5.41) is 29.7. The SMILES string of the molecule is C[C@@H](O)CNC(O)Nc1nc2c(s1)CN(c1cc(C3CCC(F)(F)CC3)on1)CC2. The van der Waals surface area contributed by atoms with Crippen molar-refractivity contribution in [2.45, 2.75) is 69.9 Å². The second-order valence-electron chi connectivity index (χ2n) is 8.08. The Morgan fingerprint density at radius 1 is 1.37 bits per heavy atom. The zero-order valence-corrected chi connectivity index (χ0v) is 17.6. The molecule has 2 aromatic rings. The monoisotopic (exact) mass is 443 g/mol. The standard InChI is InChI=1S/C19H27F2N5O3S/c1-11(27)9-22-17(28)24-18-23-13-4-7-26(10-15(13)30-18)16-8-14(29-25-16)12-2-5-19(20,21)6-3-12/h8,11-12,17,22,27-28H,2-7,9-10H2,1H3,(H,23,24)/t11-,17?/m1/s1. The highest BCUT2D eigenvalue weighted by atomic mass is 32.1. The number of hydrogen-bond acceptors (Lipinski definition) is 9. The van der Waals surface area contributed by atoms with Gasteiger partial charge in [-0.3, -0.25) is 5.32 Å². The molecule has 0 radical (unpaired) electrons. The van der Waals surface area contributed by atoms with Gasteiger partial charge in [-0.2, -0.15) is 0 Å². The molecule has 2 aromatic heterocycles.